The number of benzene rings is 1. The maximum absolute atomic E-state index is 12.1. The summed E-state index contributed by atoms with van der Waals surface area (Å²) < 4.78 is 5.95. The molecule has 0 spiro atoms. The Morgan fingerprint density at radius 2 is 2.06 bits per heavy atom. The molecule has 0 aliphatic rings. The summed E-state index contributed by atoms with van der Waals surface area (Å²) in [6.07, 6.45) is 0. The Kier molecular flexibility index (Phi) is 4.27. The lowest BCUT2D eigenvalue weighted by Gasteiger charge is -2.05. The van der Waals surface area contributed by atoms with Crippen LogP contribution in [0.5, 0.6) is 5.75 Å². The highest BCUT2D eigenvalue weighted by molar-refractivity contribution is 9.10. The Morgan fingerprint density at radius 3 is 2.67 bits per heavy atom. The van der Waals surface area contributed by atoms with Gasteiger partial charge in [0.25, 0.3) is 5.91 Å². The molecule has 6 heteroatoms. The van der Waals surface area contributed by atoms with E-state index in [1.165, 1.54) is 18.4 Å². The van der Waals surface area contributed by atoms with E-state index in [1.807, 2.05) is 5.38 Å². The van der Waals surface area contributed by atoms with Crippen molar-refractivity contribution in [3.63, 3.8) is 0 Å². The number of carbonyl (C=O) groups excluding carboxylic acids is 1. The second kappa shape index (κ2) is 5.73. The van der Waals surface area contributed by atoms with E-state index in [4.69, 9.17) is 16.3 Å². The molecule has 1 heterocycles. The average molecular weight is 347 g/mol. The van der Waals surface area contributed by atoms with Crippen LogP contribution in [0, 0.1) is 0 Å². The van der Waals surface area contributed by atoms with Crippen LogP contribution in [0.3, 0.4) is 0 Å². The molecule has 18 heavy (non-hydrogen) atoms. The number of anilines is 1. The Morgan fingerprint density at radius 1 is 1.39 bits per heavy atom. The SMILES string of the molecule is COc1c(Br)csc1C(=O)Nc1ccc(Cl)cc1. The second-order valence-corrected chi connectivity index (χ2v) is 5.58. The molecular weight excluding hydrogens is 338 g/mol. The fraction of sp³-hybridized carbons (Fsp3) is 0.0833. The highest BCUT2D eigenvalue weighted by atomic mass is 79.9. The van der Waals surface area contributed by atoms with E-state index in [0.29, 0.717) is 21.3 Å². The first-order valence-corrected chi connectivity index (χ1v) is 7.04. The minimum Gasteiger partial charge on any atom is -0.494 e. The predicted molar refractivity (Wildman–Crippen MR) is 78.0 cm³/mol. The molecule has 1 aromatic heterocycles. The summed E-state index contributed by atoms with van der Waals surface area (Å²) in [5, 5.41) is 5.23. The fourth-order valence-corrected chi connectivity index (χ4v) is 3.08. The van der Waals surface area contributed by atoms with E-state index in [1.54, 1.807) is 24.3 Å². The van der Waals surface area contributed by atoms with Crippen LogP contribution in [-0.4, -0.2) is 13.0 Å². The van der Waals surface area contributed by atoms with Crippen molar-refractivity contribution in [2.24, 2.45) is 0 Å². The van der Waals surface area contributed by atoms with Crippen molar-refractivity contribution in [3.05, 3.63) is 44.0 Å². The van der Waals surface area contributed by atoms with Crippen molar-refractivity contribution in [3.8, 4) is 5.75 Å². The van der Waals surface area contributed by atoms with Gasteiger partial charge in [-0.05, 0) is 40.2 Å². The minimum atomic E-state index is -0.204. The molecule has 0 bridgehead atoms. The third-order valence-electron chi connectivity index (χ3n) is 2.22. The van der Waals surface area contributed by atoms with E-state index in [2.05, 4.69) is 21.2 Å². The number of hydrogen-bond acceptors (Lipinski definition) is 3. The minimum absolute atomic E-state index is 0.204. The zero-order chi connectivity index (χ0) is 13.1. The fourth-order valence-electron chi connectivity index (χ4n) is 1.39. The lowest BCUT2D eigenvalue weighted by Crippen LogP contribution is -2.11. The lowest BCUT2D eigenvalue weighted by molar-refractivity contribution is 0.102. The summed E-state index contributed by atoms with van der Waals surface area (Å²) in [5.41, 5.74) is 0.691. The van der Waals surface area contributed by atoms with Crippen molar-refractivity contribution < 1.29 is 9.53 Å². The number of nitrogens with one attached hydrogen (secondary N) is 1. The van der Waals surface area contributed by atoms with Crippen LogP contribution >= 0.6 is 38.9 Å². The van der Waals surface area contributed by atoms with Crippen LogP contribution in [0.25, 0.3) is 0 Å². The van der Waals surface area contributed by atoms with Gasteiger partial charge in [-0.3, -0.25) is 4.79 Å². The third kappa shape index (κ3) is 2.85. The van der Waals surface area contributed by atoms with E-state index < -0.39 is 0 Å². The number of thiophene rings is 1. The van der Waals surface area contributed by atoms with E-state index in [0.717, 1.165) is 4.47 Å². The summed E-state index contributed by atoms with van der Waals surface area (Å²) in [4.78, 5) is 12.6. The molecule has 0 atom stereocenters. The quantitative estimate of drug-likeness (QED) is 0.893. The highest BCUT2D eigenvalue weighted by Gasteiger charge is 2.17. The van der Waals surface area contributed by atoms with Crippen LogP contribution in [0.1, 0.15) is 9.67 Å². The third-order valence-corrected chi connectivity index (χ3v) is 4.32. The van der Waals surface area contributed by atoms with Gasteiger partial charge in [-0.2, -0.15) is 0 Å². The average Bonchev–Trinajstić information content (AvgIpc) is 2.73. The van der Waals surface area contributed by atoms with Gasteiger partial charge in [0.05, 0.1) is 11.6 Å². The second-order valence-electron chi connectivity index (χ2n) is 3.41. The van der Waals surface area contributed by atoms with Crippen molar-refractivity contribution in [2.75, 3.05) is 12.4 Å². The highest BCUT2D eigenvalue weighted by Crippen LogP contribution is 2.35. The molecule has 0 aliphatic carbocycles. The summed E-state index contributed by atoms with van der Waals surface area (Å²) in [7, 11) is 1.53. The number of amides is 1. The van der Waals surface area contributed by atoms with Crippen LogP contribution in [-0.2, 0) is 0 Å². The van der Waals surface area contributed by atoms with E-state index in [9.17, 15) is 4.79 Å². The van der Waals surface area contributed by atoms with Gasteiger partial charge in [-0.1, -0.05) is 11.6 Å². The smallest absolute Gasteiger partial charge is 0.269 e. The number of carbonyl (C=O) groups is 1. The van der Waals surface area contributed by atoms with E-state index >= 15 is 0 Å². The van der Waals surface area contributed by atoms with Crippen LogP contribution < -0.4 is 10.1 Å². The standard InChI is InChI=1S/C12H9BrClNO2S/c1-17-10-9(13)6-18-11(10)12(16)15-8-4-2-7(14)3-5-8/h2-6H,1H3,(H,15,16). The molecule has 0 saturated heterocycles. The van der Waals surface area contributed by atoms with Crippen molar-refractivity contribution in [1.82, 2.24) is 0 Å². The molecule has 0 aliphatic heterocycles. The maximum Gasteiger partial charge on any atom is 0.269 e. The molecule has 2 rings (SSSR count). The van der Waals surface area contributed by atoms with Gasteiger partial charge in [0.1, 0.15) is 4.88 Å². The Labute approximate surface area is 122 Å². The van der Waals surface area contributed by atoms with Gasteiger partial charge in [-0.25, -0.2) is 0 Å². The maximum atomic E-state index is 12.1. The number of halogens is 2. The van der Waals surface area contributed by atoms with Crippen molar-refractivity contribution in [2.45, 2.75) is 0 Å². The van der Waals surface area contributed by atoms with Gasteiger partial charge in [0.2, 0.25) is 0 Å². The Balaban J connectivity index is 2.19. The zero-order valence-corrected chi connectivity index (χ0v) is 12.5. The lowest BCUT2D eigenvalue weighted by atomic mass is 10.3. The van der Waals surface area contributed by atoms with Gasteiger partial charge in [-0.15, -0.1) is 11.3 Å². The first-order chi connectivity index (χ1) is 8.61. The molecule has 0 fully saturated rings. The number of ether oxygens (including phenoxy) is 1. The number of hydrogen-bond donors (Lipinski definition) is 1. The summed E-state index contributed by atoms with van der Waals surface area (Å²) >= 11 is 10.4. The summed E-state index contributed by atoms with van der Waals surface area (Å²) in [5.74, 6) is 0.344. The van der Waals surface area contributed by atoms with Crippen LogP contribution in [0.4, 0.5) is 5.69 Å². The first kappa shape index (κ1) is 13.4. The predicted octanol–water partition coefficient (Wildman–Crippen LogP) is 4.42. The molecule has 3 nitrogen and oxygen atoms in total. The zero-order valence-electron chi connectivity index (χ0n) is 9.37. The van der Waals surface area contributed by atoms with Gasteiger partial charge < -0.3 is 10.1 Å². The van der Waals surface area contributed by atoms with Crippen molar-refractivity contribution >= 4 is 50.5 Å². The van der Waals surface area contributed by atoms with Crippen LogP contribution in [0.15, 0.2) is 34.1 Å². The summed E-state index contributed by atoms with van der Waals surface area (Å²) in [6.45, 7) is 0. The Bertz CT molecular complexity index is 568. The van der Waals surface area contributed by atoms with Crippen molar-refractivity contribution in [1.29, 1.82) is 0 Å². The van der Waals surface area contributed by atoms with Gasteiger partial charge in [0.15, 0.2) is 5.75 Å². The molecule has 0 saturated carbocycles. The largest absolute Gasteiger partial charge is 0.494 e. The molecule has 2 aromatic rings. The monoisotopic (exact) mass is 345 g/mol. The number of methoxy groups -OCH3 is 1. The Hall–Kier alpha value is -1.04. The molecule has 0 unspecified atom stereocenters. The van der Waals surface area contributed by atoms with E-state index in [-0.39, 0.29) is 5.91 Å². The molecular formula is C12H9BrClNO2S. The first-order valence-electron chi connectivity index (χ1n) is 4.99. The normalized spacial score (nSPS) is 10.2. The molecule has 0 radical (unpaired) electrons. The van der Waals surface area contributed by atoms with Crippen LogP contribution in [0.2, 0.25) is 5.02 Å². The molecule has 1 aromatic carbocycles. The van der Waals surface area contributed by atoms with Gasteiger partial charge >= 0.3 is 0 Å². The summed E-state index contributed by atoms with van der Waals surface area (Å²) in [6, 6.07) is 6.93. The molecule has 94 valence electrons. The topological polar surface area (TPSA) is 38.3 Å². The number of rotatable bonds is 3. The molecule has 1 amide bonds. The van der Waals surface area contributed by atoms with Gasteiger partial charge in [0, 0.05) is 16.1 Å². The molecule has 1 N–H and O–H groups in total.